The molecule has 114 valence electrons. The van der Waals surface area contributed by atoms with Crippen molar-refractivity contribution in [2.75, 3.05) is 12.3 Å². The molecule has 1 atom stereocenters. The molecule has 0 aromatic carbocycles. The van der Waals surface area contributed by atoms with E-state index in [2.05, 4.69) is 27.3 Å². The van der Waals surface area contributed by atoms with E-state index >= 15 is 0 Å². The van der Waals surface area contributed by atoms with Gasteiger partial charge in [0, 0.05) is 5.75 Å². The zero-order valence-electron chi connectivity index (χ0n) is 12.1. The van der Waals surface area contributed by atoms with E-state index in [4.69, 9.17) is 5.73 Å². The van der Waals surface area contributed by atoms with Crippen LogP contribution in [0.3, 0.4) is 0 Å². The van der Waals surface area contributed by atoms with E-state index in [1.165, 1.54) is 25.6 Å². The van der Waals surface area contributed by atoms with Gasteiger partial charge in [0.15, 0.2) is 0 Å². The molecule has 0 aliphatic heterocycles. The van der Waals surface area contributed by atoms with E-state index in [-0.39, 0.29) is 0 Å². The van der Waals surface area contributed by atoms with Crippen LogP contribution in [0.25, 0.3) is 0 Å². The average Bonchev–Trinajstić information content (AvgIpc) is 2.99. The third-order valence-corrected chi connectivity index (χ3v) is 4.34. The molecule has 0 aliphatic rings. The van der Waals surface area contributed by atoms with Gasteiger partial charge in [0.2, 0.25) is 5.16 Å². The Morgan fingerprint density at radius 1 is 1.10 bits per heavy atom. The van der Waals surface area contributed by atoms with E-state index < -0.39 is 10.8 Å². The summed E-state index contributed by atoms with van der Waals surface area (Å²) < 4.78 is 11.7. The van der Waals surface area contributed by atoms with E-state index in [1.807, 2.05) is 0 Å². The Hall–Kier alpha value is -1.01. The van der Waals surface area contributed by atoms with Gasteiger partial charge in [-0.05, 0) is 45.1 Å². The number of hydrogen-bond donors (Lipinski definition) is 2. The lowest BCUT2D eigenvalue weighted by Gasteiger charge is -1.99. The molecule has 0 fully saturated rings. The smallest absolute Gasteiger partial charge is 0.214 e. The first-order valence-electron chi connectivity index (χ1n) is 7.43. The van der Waals surface area contributed by atoms with E-state index in [1.54, 1.807) is 0 Å². The van der Waals surface area contributed by atoms with Crippen molar-refractivity contribution in [2.45, 2.75) is 56.5 Å². The van der Waals surface area contributed by atoms with Crippen LogP contribution in [0.1, 0.15) is 51.4 Å². The molecule has 1 aromatic heterocycles. The molecule has 1 aromatic rings. The van der Waals surface area contributed by atoms with Gasteiger partial charge in [0.05, 0.1) is 10.8 Å². The summed E-state index contributed by atoms with van der Waals surface area (Å²) in [4.78, 5) is 3.90. The number of H-pyrrole nitrogens is 1. The van der Waals surface area contributed by atoms with Crippen LogP contribution in [0.5, 0.6) is 0 Å². The fourth-order valence-electron chi connectivity index (χ4n) is 1.89. The van der Waals surface area contributed by atoms with Crippen LogP contribution in [0.15, 0.2) is 23.6 Å². The van der Waals surface area contributed by atoms with Crippen molar-refractivity contribution in [2.24, 2.45) is 5.73 Å². The maximum absolute atomic E-state index is 11.7. The summed E-state index contributed by atoms with van der Waals surface area (Å²) >= 11 is 0. The molecule has 1 heterocycles. The summed E-state index contributed by atoms with van der Waals surface area (Å²) in [5.74, 6) is 0.671. The third kappa shape index (κ3) is 8.22. The largest absolute Gasteiger partial charge is 0.330 e. The highest BCUT2D eigenvalue weighted by atomic mass is 32.2. The minimum absolute atomic E-state index is 0.491. The van der Waals surface area contributed by atoms with Crippen molar-refractivity contribution in [3.05, 3.63) is 18.5 Å². The molecular formula is C14H26N4OS. The molecule has 1 rings (SSSR count). The monoisotopic (exact) mass is 298 g/mol. The molecular weight excluding hydrogens is 272 g/mol. The Bertz CT molecular complexity index is 379. The summed E-state index contributed by atoms with van der Waals surface area (Å²) in [6, 6.07) is 0. The molecule has 0 spiro atoms. The van der Waals surface area contributed by atoms with Crippen LogP contribution < -0.4 is 5.73 Å². The summed E-state index contributed by atoms with van der Waals surface area (Å²) in [5.41, 5.74) is 5.43. The maximum Gasteiger partial charge on any atom is 0.214 e. The van der Waals surface area contributed by atoms with Crippen molar-refractivity contribution in [1.82, 2.24) is 15.2 Å². The van der Waals surface area contributed by atoms with Gasteiger partial charge < -0.3 is 5.73 Å². The number of allylic oxidation sites excluding steroid dienone is 2. The Morgan fingerprint density at radius 3 is 2.45 bits per heavy atom. The second-order valence-electron chi connectivity index (χ2n) is 4.80. The molecule has 0 radical (unpaired) electrons. The SMILES string of the molecule is NCCCC/C=C\CCCCCCS(=O)c1ncn[nH]1. The number of aromatic amines is 1. The first-order chi connectivity index (χ1) is 9.84. The van der Waals surface area contributed by atoms with Crippen molar-refractivity contribution < 1.29 is 4.21 Å². The lowest BCUT2D eigenvalue weighted by atomic mass is 10.1. The van der Waals surface area contributed by atoms with E-state index in [0.717, 1.165) is 38.6 Å². The van der Waals surface area contributed by atoms with Crippen molar-refractivity contribution in [1.29, 1.82) is 0 Å². The van der Waals surface area contributed by atoms with Gasteiger partial charge in [-0.15, -0.1) is 0 Å². The highest BCUT2D eigenvalue weighted by Crippen LogP contribution is 2.07. The molecule has 0 saturated carbocycles. The molecule has 0 saturated heterocycles. The average molecular weight is 298 g/mol. The molecule has 0 aliphatic carbocycles. The molecule has 6 heteroatoms. The Balaban J connectivity index is 1.89. The number of aromatic nitrogens is 3. The quantitative estimate of drug-likeness (QED) is 0.459. The minimum Gasteiger partial charge on any atom is -0.330 e. The molecule has 0 amide bonds. The fourth-order valence-corrected chi connectivity index (χ4v) is 2.87. The van der Waals surface area contributed by atoms with Crippen molar-refractivity contribution in [3.8, 4) is 0 Å². The summed E-state index contributed by atoms with van der Waals surface area (Å²) in [6.07, 6.45) is 15.0. The van der Waals surface area contributed by atoms with Crippen LogP contribution in [0, 0.1) is 0 Å². The molecule has 0 bridgehead atoms. The number of nitrogens with one attached hydrogen (secondary N) is 1. The summed E-state index contributed by atoms with van der Waals surface area (Å²) in [6.45, 7) is 0.795. The highest BCUT2D eigenvalue weighted by molar-refractivity contribution is 7.84. The van der Waals surface area contributed by atoms with Gasteiger partial charge in [0.25, 0.3) is 0 Å². The molecule has 20 heavy (non-hydrogen) atoms. The summed E-state index contributed by atoms with van der Waals surface area (Å²) in [5, 5.41) is 6.84. The standard InChI is InChI=1S/C14H26N4OS/c15-11-9-7-5-3-1-2-4-6-8-10-12-20(19)14-16-13-17-18-14/h1,3,13H,2,4-12,15H2,(H,16,17,18)/b3-1-. The number of unbranched alkanes of at least 4 members (excludes halogenated alkanes) is 6. The predicted octanol–water partition coefficient (Wildman–Crippen LogP) is 2.55. The lowest BCUT2D eigenvalue weighted by molar-refractivity contribution is 0.653. The molecule has 5 nitrogen and oxygen atoms in total. The van der Waals surface area contributed by atoms with Crippen LogP contribution >= 0.6 is 0 Å². The number of rotatable bonds is 12. The van der Waals surface area contributed by atoms with E-state index in [9.17, 15) is 4.21 Å². The summed E-state index contributed by atoms with van der Waals surface area (Å²) in [7, 11) is -1.02. The topological polar surface area (TPSA) is 84.7 Å². The molecule has 3 N–H and O–H groups in total. The first kappa shape index (κ1) is 17.0. The highest BCUT2D eigenvalue weighted by Gasteiger charge is 2.05. The normalized spacial score (nSPS) is 13.1. The minimum atomic E-state index is -1.02. The molecule has 1 unspecified atom stereocenters. The number of nitrogens with two attached hydrogens (primary N) is 1. The van der Waals surface area contributed by atoms with Gasteiger partial charge in [-0.3, -0.25) is 9.31 Å². The zero-order valence-corrected chi connectivity index (χ0v) is 12.9. The number of nitrogens with zero attached hydrogens (tertiary/aromatic N) is 2. The van der Waals surface area contributed by atoms with Crippen molar-refractivity contribution >= 4 is 10.8 Å². The Kier molecular flexibility index (Phi) is 10.0. The van der Waals surface area contributed by atoms with Gasteiger partial charge in [-0.2, -0.15) is 5.10 Å². The van der Waals surface area contributed by atoms with Crippen LogP contribution in [-0.4, -0.2) is 31.7 Å². The second-order valence-corrected chi connectivity index (χ2v) is 6.29. The van der Waals surface area contributed by atoms with Gasteiger partial charge in [-0.1, -0.05) is 25.0 Å². The fraction of sp³-hybridized carbons (Fsp3) is 0.714. The zero-order chi connectivity index (χ0) is 14.5. The Morgan fingerprint density at radius 2 is 1.80 bits per heavy atom. The predicted molar refractivity (Wildman–Crippen MR) is 82.8 cm³/mol. The van der Waals surface area contributed by atoms with Gasteiger partial charge in [-0.25, -0.2) is 4.98 Å². The van der Waals surface area contributed by atoms with Gasteiger partial charge in [0.1, 0.15) is 6.33 Å². The van der Waals surface area contributed by atoms with Crippen LogP contribution in [-0.2, 0) is 10.8 Å². The maximum atomic E-state index is 11.7. The second kappa shape index (κ2) is 11.8. The van der Waals surface area contributed by atoms with Crippen molar-refractivity contribution in [3.63, 3.8) is 0 Å². The Labute approximate surface area is 123 Å². The van der Waals surface area contributed by atoms with Crippen LogP contribution in [0.4, 0.5) is 0 Å². The third-order valence-electron chi connectivity index (χ3n) is 3.05. The van der Waals surface area contributed by atoms with Crippen LogP contribution in [0.2, 0.25) is 0 Å². The van der Waals surface area contributed by atoms with E-state index in [0.29, 0.717) is 10.9 Å². The van der Waals surface area contributed by atoms with Gasteiger partial charge >= 0.3 is 0 Å². The lowest BCUT2D eigenvalue weighted by Crippen LogP contribution is -2.00. The first-order valence-corrected chi connectivity index (χ1v) is 8.75. The number of hydrogen-bond acceptors (Lipinski definition) is 4.